The Morgan fingerprint density at radius 3 is 2.35 bits per heavy atom. The first kappa shape index (κ1) is 22.7. The first-order valence-electron chi connectivity index (χ1n) is 10.7. The van der Waals surface area contributed by atoms with Crippen molar-refractivity contribution in [3.8, 4) is 11.5 Å². The number of hydrogen-bond donors (Lipinski definition) is 0. The van der Waals surface area contributed by atoms with E-state index in [0.717, 1.165) is 17.5 Å². The highest BCUT2D eigenvalue weighted by atomic mass is 16.5. The van der Waals surface area contributed by atoms with Crippen molar-refractivity contribution in [3.05, 3.63) is 59.2 Å². The number of amides is 1. The summed E-state index contributed by atoms with van der Waals surface area (Å²) in [6.07, 6.45) is 1.96. The molecule has 2 aromatic carbocycles. The average molecular weight is 426 g/mol. The molecule has 0 bridgehead atoms. The summed E-state index contributed by atoms with van der Waals surface area (Å²) in [5, 5.41) is 0. The normalized spacial score (nSPS) is 18.4. The molecule has 2 aromatic rings. The van der Waals surface area contributed by atoms with Crippen molar-refractivity contribution in [1.29, 1.82) is 0 Å². The Hall–Kier alpha value is -3.02. The summed E-state index contributed by atoms with van der Waals surface area (Å²) >= 11 is 0. The SMILES string of the molecule is CCOC(=O)[C@]1(Cc2ccccc2C)CCCN(C(=O)c2cc(OC)cc(OC)c2)C1. The van der Waals surface area contributed by atoms with Gasteiger partial charge in [0.25, 0.3) is 5.91 Å². The van der Waals surface area contributed by atoms with E-state index in [0.29, 0.717) is 49.6 Å². The number of rotatable bonds is 7. The van der Waals surface area contributed by atoms with E-state index in [1.165, 1.54) is 0 Å². The predicted molar refractivity (Wildman–Crippen MR) is 119 cm³/mol. The molecule has 0 N–H and O–H groups in total. The molecule has 0 spiro atoms. The molecule has 6 nitrogen and oxygen atoms in total. The summed E-state index contributed by atoms with van der Waals surface area (Å²) in [4.78, 5) is 28.3. The number of benzene rings is 2. The number of piperidine rings is 1. The maximum Gasteiger partial charge on any atom is 0.314 e. The van der Waals surface area contributed by atoms with E-state index >= 15 is 0 Å². The number of esters is 1. The largest absolute Gasteiger partial charge is 0.497 e. The fourth-order valence-electron chi connectivity index (χ4n) is 4.26. The first-order chi connectivity index (χ1) is 14.9. The van der Waals surface area contributed by atoms with Crippen LogP contribution in [0, 0.1) is 12.3 Å². The van der Waals surface area contributed by atoms with Crippen LogP contribution in [-0.4, -0.2) is 50.7 Å². The Morgan fingerprint density at radius 2 is 1.74 bits per heavy atom. The predicted octanol–water partition coefficient (Wildman–Crippen LogP) is 4.04. The Kier molecular flexibility index (Phi) is 7.21. The summed E-state index contributed by atoms with van der Waals surface area (Å²) in [6, 6.07) is 13.2. The summed E-state index contributed by atoms with van der Waals surface area (Å²) in [5.41, 5.74) is 1.95. The summed E-state index contributed by atoms with van der Waals surface area (Å²) in [6.45, 7) is 5.08. The molecular weight excluding hydrogens is 394 g/mol. The maximum atomic E-state index is 13.4. The van der Waals surface area contributed by atoms with Gasteiger partial charge in [-0.05, 0) is 56.4 Å². The van der Waals surface area contributed by atoms with Crippen LogP contribution in [0.5, 0.6) is 11.5 Å². The second-order valence-electron chi connectivity index (χ2n) is 8.04. The molecule has 31 heavy (non-hydrogen) atoms. The summed E-state index contributed by atoms with van der Waals surface area (Å²) in [7, 11) is 3.11. The lowest BCUT2D eigenvalue weighted by Gasteiger charge is -2.41. The van der Waals surface area contributed by atoms with Crippen molar-refractivity contribution in [2.45, 2.75) is 33.1 Å². The Bertz CT molecular complexity index is 919. The minimum Gasteiger partial charge on any atom is -0.497 e. The standard InChI is InChI=1S/C25H31NO5/c1-5-31-24(28)25(16-19-10-7-6-9-18(19)2)11-8-12-26(17-25)23(27)20-13-21(29-3)15-22(14-20)30-4/h6-7,9-10,13-15H,5,8,11-12,16-17H2,1-4H3/t25-/m0/s1. The molecule has 0 aromatic heterocycles. The highest BCUT2D eigenvalue weighted by molar-refractivity contribution is 5.95. The second-order valence-corrected chi connectivity index (χ2v) is 8.04. The minimum absolute atomic E-state index is 0.143. The highest BCUT2D eigenvalue weighted by Crippen LogP contribution is 2.37. The van der Waals surface area contributed by atoms with E-state index < -0.39 is 5.41 Å². The Balaban J connectivity index is 1.92. The van der Waals surface area contributed by atoms with E-state index in [-0.39, 0.29) is 11.9 Å². The number of nitrogens with zero attached hydrogens (tertiary/aromatic N) is 1. The average Bonchev–Trinajstić information content (AvgIpc) is 2.80. The van der Waals surface area contributed by atoms with Crippen molar-refractivity contribution in [1.82, 2.24) is 4.90 Å². The molecule has 0 saturated carbocycles. The molecule has 166 valence electrons. The van der Waals surface area contributed by atoms with Gasteiger partial charge in [-0.15, -0.1) is 0 Å². The van der Waals surface area contributed by atoms with Gasteiger partial charge in [0.15, 0.2) is 0 Å². The molecule has 3 rings (SSSR count). The van der Waals surface area contributed by atoms with Crippen molar-refractivity contribution < 1.29 is 23.8 Å². The van der Waals surface area contributed by atoms with Gasteiger partial charge in [0, 0.05) is 24.7 Å². The topological polar surface area (TPSA) is 65.1 Å². The van der Waals surface area contributed by atoms with Crippen LogP contribution in [0.1, 0.15) is 41.3 Å². The molecule has 1 fully saturated rings. The van der Waals surface area contributed by atoms with Gasteiger partial charge in [0.1, 0.15) is 11.5 Å². The molecule has 1 saturated heterocycles. The van der Waals surface area contributed by atoms with E-state index in [4.69, 9.17) is 14.2 Å². The van der Waals surface area contributed by atoms with E-state index in [1.807, 2.05) is 38.1 Å². The lowest BCUT2D eigenvalue weighted by atomic mass is 9.74. The maximum absolute atomic E-state index is 13.4. The van der Waals surface area contributed by atoms with Crippen LogP contribution in [0.2, 0.25) is 0 Å². The number of carbonyl (C=O) groups is 2. The van der Waals surface area contributed by atoms with Crippen LogP contribution in [0.25, 0.3) is 0 Å². The third-order valence-electron chi connectivity index (χ3n) is 5.96. The monoisotopic (exact) mass is 425 g/mol. The van der Waals surface area contributed by atoms with Gasteiger partial charge in [0.2, 0.25) is 0 Å². The second kappa shape index (κ2) is 9.86. The van der Waals surface area contributed by atoms with Crippen LogP contribution in [0.4, 0.5) is 0 Å². The smallest absolute Gasteiger partial charge is 0.314 e. The van der Waals surface area contributed by atoms with Crippen molar-refractivity contribution in [2.75, 3.05) is 33.9 Å². The van der Waals surface area contributed by atoms with Crippen molar-refractivity contribution in [2.24, 2.45) is 5.41 Å². The molecule has 0 radical (unpaired) electrons. The van der Waals surface area contributed by atoms with E-state index in [1.54, 1.807) is 37.3 Å². The van der Waals surface area contributed by atoms with E-state index in [2.05, 4.69) is 0 Å². The van der Waals surface area contributed by atoms with Gasteiger partial charge in [-0.3, -0.25) is 9.59 Å². The molecule has 6 heteroatoms. The van der Waals surface area contributed by atoms with Gasteiger partial charge < -0.3 is 19.1 Å². The van der Waals surface area contributed by atoms with Gasteiger partial charge in [-0.1, -0.05) is 24.3 Å². The molecule has 1 heterocycles. The quantitative estimate of drug-likeness (QED) is 0.627. The number of hydrogen-bond acceptors (Lipinski definition) is 5. The third-order valence-corrected chi connectivity index (χ3v) is 5.96. The Labute approximate surface area is 184 Å². The first-order valence-corrected chi connectivity index (χ1v) is 10.7. The van der Waals surface area contributed by atoms with Crippen molar-refractivity contribution >= 4 is 11.9 Å². The van der Waals surface area contributed by atoms with Crippen LogP contribution < -0.4 is 9.47 Å². The van der Waals surface area contributed by atoms with Crippen molar-refractivity contribution in [3.63, 3.8) is 0 Å². The van der Waals surface area contributed by atoms with Gasteiger partial charge in [-0.25, -0.2) is 0 Å². The third kappa shape index (κ3) is 5.01. The fraction of sp³-hybridized carbons (Fsp3) is 0.440. The number of methoxy groups -OCH3 is 2. The molecule has 1 amide bonds. The summed E-state index contributed by atoms with van der Waals surface area (Å²) in [5.74, 6) is 0.724. The zero-order chi connectivity index (χ0) is 22.4. The van der Waals surface area contributed by atoms with E-state index in [9.17, 15) is 9.59 Å². The Morgan fingerprint density at radius 1 is 1.06 bits per heavy atom. The molecule has 1 aliphatic heterocycles. The zero-order valence-corrected chi connectivity index (χ0v) is 18.8. The lowest BCUT2D eigenvalue weighted by Crippen LogP contribution is -2.51. The summed E-state index contributed by atoms with van der Waals surface area (Å²) < 4.78 is 16.1. The zero-order valence-electron chi connectivity index (χ0n) is 18.8. The van der Waals surface area contributed by atoms with Crippen LogP contribution in [0.15, 0.2) is 42.5 Å². The highest BCUT2D eigenvalue weighted by Gasteiger charge is 2.45. The fourth-order valence-corrected chi connectivity index (χ4v) is 4.26. The number of ether oxygens (including phenoxy) is 3. The van der Waals surface area contributed by atoms with Crippen LogP contribution in [0.3, 0.4) is 0 Å². The van der Waals surface area contributed by atoms with Crippen LogP contribution in [-0.2, 0) is 16.0 Å². The number of aryl methyl sites for hydroxylation is 1. The van der Waals surface area contributed by atoms with Gasteiger partial charge in [0.05, 0.1) is 26.2 Å². The molecule has 1 atom stereocenters. The van der Waals surface area contributed by atoms with Gasteiger partial charge in [-0.2, -0.15) is 0 Å². The molecule has 1 aliphatic rings. The lowest BCUT2D eigenvalue weighted by molar-refractivity contribution is -0.158. The molecular formula is C25H31NO5. The number of likely N-dealkylation sites (tertiary alicyclic amines) is 1. The molecule has 0 unspecified atom stereocenters. The van der Waals surface area contributed by atoms with Gasteiger partial charge >= 0.3 is 5.97 Å². The molecule has 0 aliphatic carbocycles. The minimum atomic E-state index is -0.765. The van der Waals surface area contributed by atoms with Crippen LogP contribution >= 0.6 is 0 Å². The number of carbonyl (C=O) groups excluding carboxylic acids is 2.